The molecule has 0 radical (unpaired) electrons. The minimum Gasteiger partial charge on any atom is -0.504 e. The molecule has 0 spiro atoms. The predicted molar refractivity (Wildman–Crippen MR) is 333 cm³/mol. The van der Waals surface area contributed by atoms with E-state index >= 15 is 0 Å². The third-order valence-electron chi connectivity index (χ3n) is 14.4. The molecule has 3 aliphatic rings. The maximum atomic E-state index is 13.6. The number of nitrogens with one attached hydrogen (secondary N) is 1. The van der Waals surface area contributed by atoms with E-state index in [2.05, 4.69) is 118 Å². The molecule has 2 atom stereocenters. The first-order chi connectivity index (χ1) is 38.0. The summed E-state index contributed by atoms with van der Waals surface area (Å²) in [6.45, 7) is 30.8. The number of nitrogens with zero attached hydrogens (tertiary/aromatic N) is 3. The maximum absolute atomic E-state index is 13.6. The molecule has 0 aromatic heterocycles. The van der Waals surface area contributed by atoms with Gasteiger partial charge in [-0.15, -0.1) is 0 Å². The van der Waals surface area contributed by atoms with E-state index in [4.69, 9.17) is 21.1 Å². The van der Waals surface area contributed by atoms with E-state index in [1.54, 1.807) is 19.7 Å². The molecular formula is C66H92BrClFN4O6U-. The van der Waals surface area contributed by atoms with E-state index < -0.39 is 0 Å². The summed E-state index contributed by atoms with van der Waals surface area (Å²) in [6, 6.07) is 19.8. The van der Waals surface area contributed by atoms with E-state index in [9.17, 15) is 18.8 Å². The summed E-state index contributed by atoms with van der Waals surface area (Å²) in [7, 11) is 5.94. The third kappa shape index (κ3) is 21.8. The van der Waals surface area contributed by atoms with Crippen molar-refractivity contribution in [2.45, 2.75) is 139 Å². The summed E-state index contributed by atoms with van der Waals surface area (Å²) in [5.74, 6) is 2.11. The zero-order valence-electron chi connectivity index (χ0n) is 50.2. The number of carbonyl (C=O) groups excluding carboxylic acids is 3. The minimum atomic E-state index is -0.264. The zero-order valence-corrected chi connectivity index (χ0v) is 56.7. The second-order valence-corrected chi connectivity index (χ2v) is 21.5. The van der Waals surface area contributed by atoms with Crippen LogP contribution in [0, 0.1) is 56.3 Å². The molecule has 7 rings (SSSR count). The van der Waals surface area contributed by atoms with Crippen molar-refractivity contribution in [3.05, 3.63) is 141 Å². The van der Waals surface area contributed by atoms with Crippen LogP contribution in [0.1, 0.15) is 147 Å². The van der Waals surface area contributed by atoms with Gasteiger partial charge in [-0.3, -0.25) is 14.4 Å². The van der Waals surface area contributed by atoms with E-state index in [0.29, 0.717) is 36.8 Å². The Labute approximate surface area is 517 Å². The van der Waals surface area contributed by atoms with E-state index in [0.717, 1.165) is 123 Å². The molecule has 1 amide bonds. The van der Waals surface area contributed by atoms with Crippen LogP contribution in [0.5, 0.6) is 11.5 Å². The molecule has 438 valence electrons. The summed E-state index contributed by atoms with van der Waals surface area (Å²) in [4.78, 5) is 41.2. The predicted octanol–water partition coefficient (Wildman–Crippen LogP) is 15.9. The Bertz CT molecular complexity index is 2670. The van der Waals surface area contributed by atoms with Crippen LogP contribution in [0.15, 0.2) is 96.2 Å². The number of alkyl halides is 1. The molecule has 4 aromatic carbocycles. The number of allylic oxidation sites excluding steroid dienone is 5. The number of halogens is 3. The van der Waals surface area contributed by atoms with Crippen molar-refractivity contribution < 1.29 is 64.1 Å². The molecule has 2 unspecified atom stereocenters. The number of aldehydes is 2. The molecule has 10 nitrogen and oxygen atoms in total. The molecule has 14 heteroatoms. The first-order valence-electron chi connectivity index (χ1n) is 28.4. The summed E-state index contributed by atoms with van der Waals surface area (Å²) >= 11 is 9.99. The number of benzene rings is 4. The van der Waals surface area contributed by atoms with Crippen molar-refractivity contribution in [2.24, 2.45) is 5.92 Å². The van der Waals surface area contributed by atoms with Gasteiger partial charge in [0, 0.05) is 108 Å². The monoisotopic (exact) mass is 1410 g/mol. The Balaban J connectivity index is 0.000000432. The summed E-state index contributed by atoms with van der Waals surface area (Å²) in [6.07, 6.45) is 14.3. The summed E-state index contributed by atoms with van der Waals surface area (Å²) < 4.78 is 29.9. The average Bonchev–Trinajstić information content (AvgIpc) is 3.78. The van der Waals surface area contributed by atoms with Gasteiger partial charge in [0.2, 0.25) is 5.91 Å². The van der Waals surface area contributed by atoms with Gasteiger partial charge in [-0.1, -0.05) is 131 Å². The Morgan fingerprint density at radius 2 is 1.68 bits per heavy atom. The van der Waals surface area contributed by atoms with Crippen molar-refractivity contribution in [3.8, 4) is 11.5 Å². The van der Waals surface area contributed by atoms with Crippen LogP contribution in [-0.2, 0) is 25.7 Å². The van der Waals surface area contributed by atoms with Gasteiger partial charge in [-0.25, -0.2) is 10.9 Å². The van der Waals surface area contributed by atoms with E-state index in [1.807, 2.05) is 60.4 Å². The largest absolute Gasteiger partial charge is 0.504 e. The fourth-order valence-corrected chi connectivity index (χ4v) is 10.5. The molecule has 0 bridgehead atoms. The second-order valence-electron chi connectivity index (χ2n) is 20.3. The fraction of sp³-hybridized carbons (Fsp3) is 0.485. The molecule has 3 aliphatic heterocycles. The SMILES string of the molecule is C=C1c2cccc(OCC=O)c2CN1C1CC[CH-]NC1=O.CC/C(C=O)=C(/CCCOc1cccc2cc(F)ccc12)c1ccc(Cl)c(C2=C(C)N(C)CC=C2C)c1C.CCCC(C)CC.CCCN(C)CCC.COCCBr.[U]. The standard InChI is InChI=1S/C33H35ClFNO2.C16H17N2O3.C7H17N.C7H16.C3H7BrO.U/c1-6-24(20-37)28(10-8-18-38-31-11-7-9-25-19-26(35)12-13-29(25)31)27-14-15-30(34)33(22(27)3)32-21(2)16-17-36(5)23(32)4;1-11-12-4-2-6-15(21-9-8-19)13(12)10-18(11)14-5-3-7-17-16(14)20;1-4-6-8(3)7-5-2;1-4-6-7(3)5-2;1-5-3-2-4;/h7,9,11-16,19-20H,6,8,10,17-18H2,1-5H3;2,4,6-8,14H,1,3,5,9-10H2,(H,17,20);4-7H2,1-3H3;7H,4-6H2,1-3H3;2-3H2,1H3;/q;-1;;;;/b28-24+;;;;;. The van der Waals surface area contributed by atoms with Gasteiger partial charge in [-0.2, -0.15) is 6.42 Å². The van der Waals surface area contributed by atoms with Gasteiger partial charge in [0.15, 0.2) is 6.29 Å². The maximum Gasteiger partial charge on any atom is 0.213 e. The third-order valence-corrected chi connectivity index (χ3v) is 15.1. The summed E-state index contributed by atoms with van der Waals surface area (Å²) in [5, 5.41) is 6.12. The minimum absolute atomic E-state index is 0. The van der Waals surface area contributed by atoms with Gasteiger partial charge in [0.25, 0.3) is 0 Å². The molecule has 4 aromatic rings. The van der Waals surface area contributed by atoms with Crippen LogP contribution in [0.25, 0.3) is 27.6 Å². The number of methoxy groups -OCH3 is 1. The number of amides is 1. The van der Waals surface area contributed by atoms with Gasteiger partial charge in [0.05, 0.1) is 13.2 Å². The van der Waals surface area contributed by atoms with Gasteiger partial charge in [-0.05, 0) is 155 Å². The number of carbonyl (C=O) groups is 3. The Morgan fingerprint density at radius 3 is 2.26 bits per heavy atom. The zero-order chi connectivity index (χ0) is 58.4. The number of ether oxygens (including phenoxy) is 3. The normalized spacial score (nSPS) is 15.2. The van der Waals surface area contributed by atoms with Crippen LogP contribution < -0.4 is 14.8 Å². The number of rotatable bonds is 22. The van der Waals surface area contributed by atoms with Crippen molar-refractivity contribution in [2.75, 3.05) is 66.0 Å². The van der Waals surface area contributed by atoms with Gasteiger partial charge >= 0.3 is 0 Å². The molecule has 3 heterocycles. The average molecular weight is 1410 g/mol. The van der Waals surface area contributed by atoms with Crippen LogP contribution in [0.3, 0.4) is 0 Å². The molecule has 1 fully saturated rings. The molecular weight excluding hydrogens is 1320 g/mol. The van der Waals surface area contributed by atoms with Gasteiger partial charge < -0.3 is 34.2 Å². The molecule has 1 N–H and O–H groups in total. The van der Waals surface area contributed by atoms with Crippen LogP contribution >= 0.6 is 27.5 Å². The van der Waals surface area contributed by atoms with Crippen molar-refractivity contribution in [1.82, 2.24) is 20.0 Å². The number of fused-ring (bicyclic) bond motifs is 2. The van der Waals surface area contributed by atoms with E-state index in [1.165, 1.54) is 68.6 Å². The van der Waals surface area contributed by atoms with E-state index in [-0.39, 0.29) is 55.5 Å². The van der Waals surface area contributed by atoms with Crippen LogP contribution in [0.2, 0.25) is 5.02 Å². The summed E-state index contributed by atoms with van der Waals surface area (Å²) in [5.41, 5.74) is 11.4. The second kappa shape index (κ2) is 39.3. The van der Waals surface area contributed by atoms with Crippen LogP contribution in [0.4, 0.5) is 4.39 Å². The number of likely N-dealkylation sites (N-methyl/N-ethyl adjacent to an activating group) is 1. The molecule has 0 saturated carbocycles. The Kier molecular flexibility index (Phi) is 35.3. The number of piperidine rings is 1. The fourth-order valence-electron chi connectivity index (χ4n) is 9.86. The molecule has 0 aliphatic carbocycles. The van der Waals surface area contributed by atoms with Crippen molar-refractivity contribution >= 4 is 73.6 Å². The molecule has 80 heavy (non-hydrogen) atoms. The van der Waals surface area contributed by atoms with Crippen LogP contribution in [-0.4, -0.2) is 105 Å². The number of hydrogen-bond donors (Lipinski definition) is 1. The Hall–Kier alpha value is -4.22. The first kappa shape index (κ1) is 71.9. The smallest absolute Gasteiger partial charge is 0.213 e. The van der Waals surface area contributed by atoms with Gasteiger partial charge in [0.1, 0.15) is 36.3 Å². The van der Waals surface area contributed by atoms with Crippen molar-refractivity contribution in [1.29, 1.82) is 0 Å². The number of hydrogen-bond acceptors (Lipinski definition) is 9. The first-order valence-corrected chi connectivity index (χ1v) is 29.9. The molecule has 1 saturated heterocycles. The van der Waals surface area contributed by atoms with Crippen molar-refractivity contribution in [3.63, 3.8) is 0 Å². The Morgan fingerprint density at radius 1 is 0.975 bits per heavy atom. The topological polar surface area (TPSA) is 101 Å². The quantitative estimate of drug-likeness (QED) is 0.0271.